The summed E-state index contributed by atoms with van der Waals surface area (Å²) >= 11 is 0. The average Bonchev–Trinajstić information content (AvgIpc) is 2.35. The summed E-state index contributed by atoms with van der Waals surface area (Å²) in [5, 5.41) is 14.8. The number of hydrogen-bond acceptors (Lipinski definition) is 4. The lowest BCUT2D eigenvalue weighted by Gasteiger charge is -2.15. The van der Waals surface area contributed by atoms with E-state index in [1.807, 2.05) is 19.9 Å². The van der Waals surface area contributed by atoms with Crippen LogP contribution in [0.2, 0.25) is 0 Å². The molecule has 0 radical (unpaired) electrons. The summed E-state index contributed by atoms with van der Waals surface area (Å²) in [6.07, 6.45) is -1.38. The quantitative estimate of drug-likeness (QED) is 0.584. The Bertz CT molecular complexity index is 460. The van der Waals surface area contributed by atoms with E-state index in [4.69, 9.17) is 5.73 Å². The molecule has 1 aromatic rings. The second-order valence-electron chi connectivity index (χ2n) is 4.47. The molecule has 0 spiro atoms. The Balaban J connectivity index is 2.74. The zero-order valence-corrected chi connectivity index (χ0v) is 11.0. The fourth-order valence-corrected chi connectivity index (χ4v) is 1.50. The maximum Gasteiger partial charge on any atom is 0.253 e. The summed E-state index contributed by atoms with van der Waals surface area (Å²) in [5.41, 5.74) is 6.05. The number of para-hydroxylation sites is 1. The second kappa shape index (κ2) is 6.75. The molecule has 0 fully saturated rings. The minimum absolute atomic E-state index is 0.185. The molecule has 0 aliphatic rings. The summed E-state index contributed by atoms with van der Waals surface area (Å²) in [6.45, 7) is 3.72. The molecule has 1 unspecified atom stereocenters. The van der Waals surface area contributed by atoms with E-state index >= 15 is 0 Å². The maximum atomic E-state index is 12.0. The van der Waals surface area contributed by atoms with Crippen molar-refractivity contribution >= 4 is 17.5 Å². The minimum Gasteiger partial charge on any atom is -0.382 e. The fraction of sp³-hybridized carbons (Fsp3) is 0.385. The molecule has 1 atom stereocenters. The van der Waals surface area contributed by atoms with Gasteiger partial charge in [-0.25, -0.2) is 0 Å². The van der Waals surface area contributed by atoms with Gasteiger partial charge in [0.1, 0.15) is 6.10 Å². The van der Waals surface area contributed by atoms with Gasteiger partial charge >= 0.3 is 0 Å². The van der Waals surface area contributed by atoms with E-state index in [9.17, 15) is 14.7 Å². The molecule has 6 heteroatoms. The van der Waals surface area contributed by atoms with E-state index in [0.29, 0.717) is 11.3 Å². The van der Waals surface area contributed by atoms with Crippen LogP contribution < -0.4 is 16.4 Å². The van der Waals surface area contributed by atoms with Gasteiger partial charge in [-0.15, -0.1) is 0 Å². The van der Waals surface area contributed by atoms with Crippen molar-refractivity contribution in [3.8, 4) is 0 Å². The number of primary amides is 1. The maximum absolute atomic E-state index is 12.0. The highest BCUT2D eigenvalue weighted by molar-refractivity contribution is 5.99. The normalized spacial score (nSPS) is 12.0. The summed E-state index contributed by atoms with van der Waals surface area (Å²) in [6, 6.07) is 7.20. The summed E-state index contributed by atoms with van der Waals surface area (Å²) in [4.78, 5) is 22.6. The highest BCUT2D eigenvalue weighted by Crippen LogP contribution is 2.15. The van der Waals surface area contributed by atoms with Crippen molar-refractivity contribution in [2.45, 2.75) is 26.0 Å². The van der Waals surface area contributed by atoms with Crippen LogP contribution in [0.3, 0.4) is 0 Å². The van der Waals surface area contributed by atoms with E-state index < -0.39 is 12.0 Å². The molecule has 0 aliphatic heterocycles. The number of anilines is 1. The molecule has 0 saturated heterocycles. The monoisotopic (exact) mass is 265 g/mol. The molecule has 0 aromatic heterocycles. The van der Waals surface area contributed by atoms with Gasteiger partial charge in [-0.3, -0.25) is 9.59 Å². The highest BCUT2D eigenvalue weighted by atomic mass is 16.3. The predicted molar refractivity (Wildman–Crippen MR) is 72.7 cm³/mol. The molecule has 6 nitrogen and oxygen atoms in total. The zero-order valence-electron chi connectivity index (χ0n) is 11.0. The standard InChI is InChI=1S/C13H19N3O3/c1-8(2)16-10-6-4-3-5-9(10)13(19)15-7-11(17)12(14)18/h3-6,8,11,16-17H,7H2,1-2H3,(H2,14,18)(H,15,19). The van der Waals surface area contributed by atoms with Gasteiger partial charge in [-0.1, -0.05) is 12.1 Å². The van der Waals surface area contributed by atoms with Crippen LogP contribution in [0.4, 0.5) is 5.69 Å². The van der Waals surface area contributed by atoms with E-state index in [2.05, 4.69) is 10.6 Å². The molecule has 0 heterocycles. The first-order chi connectivity index (χ1) is 8.91. The summed E-state index contributed by atoms with van der Waals surface area (Å²) in [7, 11) is 0. The van der Waals surface area contributed by atoms with Crippen molar-refractivity contribution in [3.05, 3.63) is 29.8 Å². The lowest BCUT2D eigenvalue weighted by atomic mass is 10.1. The molecule has 5 N–H and O–H groups in total. The number of benzene rings is 1. The lowest BCUT2D eigenvalue weighted by Crippen LogP contribution is -2.40. The first-order valence-corrected chi connectivity index (χ1v) is 6.03. The Kier molecular flexibility index (Phi) is 5.32. The Morgan fingerprint density at radius 1 is 1.32 bits per heavy atom. The number of carbonyl (C=O) groups is 2. The van der Waals surface area contributed by atoms with Gasteiger partial charge in [0.2, 0.25) is 5.91 Å². The largest absolute Gasteiger partial charge is 0.382 e. The summed E-state index contributed by atoms with van der Waals surface area (Å²) < 4.78 is 0. The first-order valence-electron chi connectivity index (χ1n) is 6.03. The van der Waals surface area contributed by atoms with E-state index in [0.717, 1.165) is 0 Å². The third-order valence-corrected chi connectivity index (χ3v) is 2.40. The number of rotatable bonds is 6. The van der Waals surface area contributed by atoms with Gasteiger partial charge in [0, 0.05) is 11.7 Å². The molecule has 104 valence electrons. The van der Waals surface area contributed by atoms with Crippen LogP contribution in [0.25, 0.3) is 0 Å². The second-order valence-corrected chi connectivity index (χ2v) is 4.47. The van der Waals surface area contributed by atoms with E-state index in [1.54, 1.807) is 18.2 Å². The number of nitrogens with two attached hydrogens (primary N) is 1. The van der Waals surface area contributed by atoms with Gasteiger partial charge in [-0.05, 0) is 26.0 Å². The van der Waals surface area contributed by atoms with Gasteiger partial charge < -0.3 is 21.5 Å². The van der Waals surface area contributed by atoms with Crippen LogP contribution in [-0.4, -0.2) is 35.6 Å². The third-order valence-electron chi connectivity index (χ3n) is 2.40. The topological polar surface area (TPSA) is 104 Å². The van der Waals surface area contributed by atoms with Crippen LogP contribution in [0, 0.1) is 0 Å². The van der Waals surface area contributed by atoms with Crippen LogP contribution in [0.15, 0.2) is 24.3 Å². The highest BCUT2D eigenvalue weighted by Gasteiger charge is 2.15. The van der Waals surface area contributed by atoms with Crippen LogP contribution >= 0.6 is 0 Å². The first kappa shape index (κ1) is 15.0. The van der Waals surface area contributed by atoms with Gasteiger partial charge in [0.25, 0.3) is 5.91 Å². The van der Waals surface area contributed by atoms with Gasteiger partial charge in [-0.2, -0.15) is 0 Å². The van der Waals surface area contributed by atoms with E-state index in [-0.39, 0.29) is 18.5 Å². The number of carbonyl (C=O) groups excluding carboxylic acids is 2. The van der Waals surface area contributed by atoms with Crippen LogP contribution in [-0.2, 0) is 4.79 Å². The van der Waals surface area contributed by atoms with Crippen LogP contribution in [0.1, 0.15) is 24.2 Å². The third kappa shape index (κ3) is 4.59. The Labute approximate surface area is 112 Å². The average molecular weight is 265 g/mol. The lowest BCUT2D eigenvalue weighted by molar-refractivity contribution is -0.125. The van der Waals surface area contributed by atoms with Crippen molar-refractivity contribution in [1.82, 2.24) is 5.32 Å². The SMILES string of the molecule is CC(C)Nc1ccccc1C(=O)NCC(O)C(N)=O. The molecular formula is C13H19N3O3. The Hall–Kier alpha value is -2.08. The molecule has 19 heavy (non-hydrogen) atoms. The van der Waals surface area contributed by atoms with Crippen molar-refractivity contribution < 1.29 is 14.7 Å². The Morgan fingerprint density at radius 2 is 1.95 bits per heavy atom. The Morgan fingerprint density at radius 3 is 2.53 bits per heavy atom. The molecule has 0 saturated carbocycles. The molecule has 0 bridgehead atoms. The van der Waals surface area contributed by atoms with Crippen LogP contribution in [0.5, 0.6) is 0 Å². The van der Waals surface area contributed by atoms with Crippen molar-refractivity contribution in [1.29, 1.82) is 0 Å². The number of aliphatic hydroxyl groups excluding tert-OH is 1. The number of amides is 2. The van der Waals surface area contributed by atoms with Crippen molar-refractivity contribution in [2.24, 2.45) is 5.73 Å². The van der Waals surface area contributed by atoms with Gasteiger partial charge in [0.15, 0.2) is 0 Å². The molecule has 1 rings (SSSR count). The molecule has 1 aromatic carbocycles. The van der Waals surface area contributed by atoms with E-state index in [1.165, 1.54) is 0 Å². The molecule has 0 aliphatic carbocycles. The van der Waals surface area contributed by atoms with Crippen molar-refractivity contribution in [2.75, 3.05) is 11.9 Å². The van der Waals surface area contributed by atoms with Crippen molar-refractivity contribution in [3.63, 3.8) is 0 Å². The zero-order chi connectivity index (χ0) is 14.4. The molecule has 2 amide bonds. The summed E-state index contributed by atoms with van der Waals surface area (Å²) in [5.74, 6) is -1.24. The smallest absolute Gasteiger partial charge is 0.253 e. The number of hydrogen-bond donors (Lipinski definition) is 4. The van der Waals surface area contributed by atoms with Gasteiger partial charge in [0.05, 0.1) is 12.1 Å². The fourth-order valence-electron chi connectivity index (χ4n) is 1.50. The minimum atomic E-state index is -1.38. The predicted octanol–water partition coefficient (Wildman–Crippen LogP) is 0.0829. The molecular weight excluding hydrogens is 246 g/mol. The number of nitrogens with one attached hydrogen (secondary N) is 2. The number of aliphatic hydroxyl groups is 1.